The van der Waals surface area contributed by atoms with Crippen molar-refractivity contribution in [3.05, 3.63) is 0 Å². The molecule has 0 radical (unpaired) electrons. The summed E-state index contributed by atoms with van der Waals surface area (Å²) in [6, 6.07) is 0. The summed E-state index contributed by atoms with van der Waals surface area (Å²) in [6.45, 7) is 5.30. The van der Waals surface area contributed by atoms with Gasteiger partial charge in [0, 0.05) is 0 Å². The first-order valence-corrected chi connectivity index (χ1v) is 4.55. The first kappa shape index (κ1) is 12.9. The van der Waals surface area contributed by atoms with Gasteiger partial charge in [0.15, 0.2) is 6.10 Å². The molecule has 0 saturated heterocycles. The Morgan fingerprint density at radius 1 is 1.14 bits per heavy atom. The monoisotopic (exact) mass is 204 g/mol. The molecule has 0 saturated carbocycles. The van der Waals surface area contributed by atoms with Gasteiger partial charge in [0.25, 0.3) is 0 Å². The van der Waals surface area contributed by atoms with Gasteiger partial charge in [-0.05, 0) is 20.8 Å². The standard InChI is InChI=1S/C9H16O5/c1-4-12-8(10)6-14-7(3)9(11)13-5-2/h7H,4-6H2,1-3H3. The van der Waals surface area contributed by atoms with Crippen LogP contribution in [0.3, 0.4) is 0 Å². The van der Waals surface area contributed by atoms with E-state index in [1.807, 2.05) is 0 Å². The fourth-order valence-corrected chi connectivity index (χ4v) is 0.723. The third-order valence-corrected chi connectivity index (χ3v) is 1.38. The second-order valence-corrected chi connectivity index (χ2v) is 2.51. The second kappa shape index (κ2) is 7.32. The molecule has 0 aliphatic heterocycles. The first-order valence-electron chi connectivity index (χ1n) is 4.55. The van der Waals surface area contributed by atoms with E-state index in [9.17, 15) is 9.59 Å². The van der Waals surface area contributed by atoms with Crippen molar-refractivity contribution >= 4 is 11.9 Å². The smallest absolute Gasteiger partial charge is 0.334 e. The van der Waals surface area contributed by atoms with Gasteiger partial charge in [0.2, 0.25) is 0 Å². The van der Waals surface area contributed by atoms with Crippen LogP contribution in [0.1, 0.15) is 20.8 Å². The van der Waals surface area contributed by atoms with Crippen LogP contribution < -0.4 is 0 Å². The summed E-state index contributed by atoms with van der Waals surface area (Å²) in [5, 5.41) is 0. The number of hydrogen-bond donors (Lipinski definition) is 0. The molecule has 0 aromatic carbocycles. The Balaban J connectivity index is 3.67. The van der Waals surface area contributed by atoms with Gasteiger partial charge in [-0.25, -0.2) is 9.59 Å². The fourth-order valence-electron chi connectivity index (χ4n) is 0.723. The van der Waals surface area contributed by atoms with Crippen LogP contribution in [0.2, 0.25) is 0 Å². The van der Waals surface area contributed by atoms with Crippen LogP contribution in [0.25, 0.3) is 0 Å². The van der Waals surface area contributed by atoms with Gasteiger partial charge < -0.3 is 14.2 Å². The Bertz CT molecular complexity index is 190. The topological polar surface area (TPSA) is 61.8 Å². The Labute approximate surface area is 83.3 Å². The highest BCUT2D eigenvalue weighted by atomic mass is 16.6. The lowest BCUT2D eigenvalue weighted by Crippen LogP contribution is -2.26. The molecule has 0 aliphatic carbocycles. The lowest BCUT2D eigenvalue weighted by Gasteiger charge is -2.10. The molecule has 0 spiro atoms. The van der Waals surface area contributed by atoms with Gasteiger partial charge in [-0.2, -0.15) is 0 Å². The van der Waals surface area contributed by atoms with Crippen LogP contribution in [-0.2, 0) is 23.8 Å². The summed E-state index contributed by atoms with van der Waals surface area (Å²) < 4.78 is 14.2. The molecule has 1 atom stereocenters. The molecular weight excluding hydrogens is 188 g/mol. The van der Waals surface area contributed by atoms with E-state index in [1.54, 1.807) is 13.8 Å². The van der Waals surface area contributed by atoms with E-state index in [-0.39, 0.29) is 6.61 Å². The minimum atomic E-state index is -0.737. The van der Waals surface area contributed by atoms with Gasteiger partial charge in [-0.15, -0.1) is 0 Å². The Morgan fingerprint density at radius 3 is 2.21 bits per heavy atom. The first-order chi connectivity index (χ1) is 6.61. The van der Waals surface area contributed by atoms with Gasteiger partial charge >= 0.3 is 11.9 Å². The normalized spacial score (nSPS) is 11.9. The number of esters is 2. The van der Waals surface area contributed by atoms with Crippen molar-refractivity contribution in [3.63, 3.8) is 0 Å². The molecule has 0 rings (SSSR count). The molecular formula is C9H16O5. The Kier molecular flexibility index (Phi) is 6.74. The number of rotatable bonds is 6. The van der Waals surface area contributed by atoms with Crippen LogP contribution >= 0.6 is 0 Å². The van der Waals surface area contributed by atoms with Crippen LogP contribution in [0.15, 0.2) is 0 Å². The molecule has 14 heavy (non-hydrogen) atoms. The van der Waals surface area contributed by atoms with Crippen LogP contribution in [0.4, 0.5) is 0 Å². The summed E-state index contributed by atoms with van der Waals surface area (Å²) >= 11 is 0. The number of carbonyl (C=O) groups excluding carboxylic acids is 2. The van der Waals surface area contributed by atoms with Crippen LogP contribution in [-0.4, -0.2) is 37.9 Å². The van der Waals surface area contributed by atoms with Gasteiger partial charge in [-0.1, -0.05) is 0 Å². The van der Waals surface area contributed by atoms with Crippen molar-refractivity contribution in [2.75, 3.05) is 19.8 Å². The van der Waals surface area contributed by atoms with Gasteiger partial charge in [-0.3, -0.25) is 0 Å². The number of carbonyl (C=O) groups is 2. The fraction of sp³-hybridized carbons (Fsp3) is 0.778. The predicted octanol–water partition coefficient (Wildman–Crippen LogP) is 0.518. The zero-order valence-corrected chi connectivity index (χ0v) is 8.74. The third kappa shape index (κ3) is 5.53. The van der Waals surface area contributed by atoms with Gasteiger partial charge in [0.05, 0.1) is 13.2 Å². The number of ether oxygens (including phenoxy) is 3. The zero-order chi connectivity index (χ0) is 11.0. The average molecular weight is 204 g/mol. The highest BCUT2D eigenvalue weighted by Gasteiger charge is 2.15. The van der Waals surface area contributed by atoms with Crippen molar-refractivity contribution < 1.29 is 23.8 Å². The predicted molar refractivity (Wildman–Crippen MR) is 48.7 cm³/mol. The third-order valence-electron chi connectivity index (χ3n) is 1.38. The second-order valence-electron chi connectivity index (χ2n) is 2.51. The molecule has 0 aliphatic rings. The van der Waals surface area contributed by atoms with E-state index in [1.165, 1.54) is 6.92 Å². The summed E-state index contributed by atoms with van der Waals surface area (Å²) in [5.41, 5.74) is 0. The highest BCUT2D eigenvalue weighted by Crippen LogP contribution is 1.95. The van der Waals surface area contributed by atoms with Crippen molar-refractivity contribution in [2.24, 2.45) is 0 Å². The van der Waals surface area contributed by atoms with Crippen LogP contribution in [0.5, 0.6) is 0 Å². The average Bonchev–Trinajstić information content (AvgIpc) is 2.15. The van der Waals surface area contributed by atoms with Crippen molar-refractivity contribution in [2.45, 2.75) is 26.9 Å². The SMILES string of the molecule is CCOC(=O)COC(C)C(=O)OCC. The highest BCUT2D eigenvalue weighted by molar-refractivity contribution is 5.75. The quantitative estimate of drug-likeness (QED) is 0.590. The van der Waals surface area contributed by atoms with Crippen molar-refractivity contribution in [3.8, 4) is 0 Å². The van der Waals surface area contributed by atoms with Crippen LogP contribution in [0, 0.1) is 0 Å². The summed E-state index contributed by atoms with van der Waals surface area (Å²) in [4.78, 5) is 21.8. The minimum absolute atomic E-state index is 0.228. The maximum Gasteiger partial charge on any atom is 0.334 e. The Morgan fingerprint density at radius 2 is 1.71 bits per heavy atom. The summed E-state index contributed by atoms with van der Waals surface area (Å²) in [6.07, 6.45) is -0.737. The van der Waals surface area contributed by atoms with Crippen molar-refractivity contribution in [1.29, 1.82) is 0 Å². The van der Waals surface area contributed by atoms with E-state index >= 15 is 0 Å². The molecule has 0 fully saturated rings. The summed E-state index contributed by atoms with van der Waals surface area (Å²) in [5.74, 6) is -0.958. The summed E-state index contributed by atoms with van der Waals surface area (Å²) in [7, 11) is 0. The molecule has 1 unspecified atom stereocenters. The molecule has 0 amide bonds. The molecule has 0 N–H and O–H groups in total. The van der Waals surface area contributed by atoms with E-state index in [0.717, 1.165) is 0 Å². The molecule has 5 heteroatoms. The number of hydrogen-bond acceptors (Lipinski definition) is 5. The Hall–Kier alpha value is -1.10. The molecule has 0 bridgehead atoms. The van der Waals surface area contributed by atoms with Gasteiger partial charge in [0.1, 0.15) is 6.61 Å². The lowest BCUT2D eigenvalue weighted by molar-refractivity contribution is -0.161. The minimum Gasteiger partial charge on any atom is -0.464 e. The molecule has 0 aromatic heterocycles. The lowest BCUT2D eigenvalue weighted by atomic mass is 10.4. The van der Waals surface area contributed by atoms with E-state index in [4.69, 9.17) is 4.74 Å². The van der Waals surface area contributed by atoms with E-state index in [0.29, 0.717) is 13.2 Å². The molecule has 0 aromatic rings. The zero-order valence-electron chi connectivity index (χ0n) is 8.74. The van der Waals surface area contributed by atoms with Crippen molar-refractivity contribution in [1.82, 2.24) is 0 Å². The molecule has 5 nitrogen and oxygen atoms in total. The van der Waals surface area contributed by atoms with E-state index < -0.39 is 18.0 Å². The maximum absolute atomic E-state index is 11.0. The molecule has 82 valence electrons. The molecule has 0 heterocycles. The maximum atomic E-state index is 11.0. The largest absolute Gasteiger partial charge is 0.464 e. The van der Waals surface area contributed by atoms with E-state index in [2.05, 4.69) is 9.47 Å².